The van der Waals surface area contributed by atoms with E-state index in [1.54, 1.807) is 55.1 Å². The Morgan fingerprint density at radius 1 is 1.12 bits per heavy atom. The molecule has 0 aliphatic heterocycles. The number of methoxy groups -OCH3 is 1. The van der Waals surface area contributed by atoms with E-state index in [-0.39, 0.29) is 22.8 Å². The SMILES string of the molecule is COc1cccc(NC(=O)CSc2nc3c(c(=O)n(C)c(=O)n3C)n2Cc2ccc(Cl)cc2)c1. The van der Waals surface area contributed by atoms with Crippen molar-refractivity contribution < 1.29 is 9.53 Å². The molecule has 0 atom stereocenters. The lowest BCUT2D eigenvalue weighted by Gasteiger charge is -2.10. The van der Waals surface area contributed by atoms with Crippen molar-refractivity contribution in [2.75, 3.05) is 18.2 Å². The lowest BCUT2D eigenvalue weighted by atomic mass is 10.2. The first-order valence-electron chi connectivity index (χ1n) is 10.3. The second kappa shape index (κ2) is 9.78. The number of hydrogen-bond acceptors (Lipinski definition) is 6. The number of anilines is 1. The quantitative estimate of drug-likeness (QED) is 0.392. The first-order valence-corrected chi connectivity index (χ1v) is 11.6. The highest BCUT2D eigenvalue weighted by Gasteiger charge is 2.20. The Morgan fingerprint density at radius 2 is 1.85 bits per heavy atom. The lowest BCUT2D eigenvalue weighted by Crippen LogP contribution is -2.37. The van der Waals surface area contributed by atoms with Gasteiger partial charge in [-0.05, 0) is 29.8 Å². The number of halogens is 1. The Balaban J connectivity index is 1.68. The molecule has 0 aliphatic carbocycles. The summed E-state index contributed by atoms with van der Waals surface area (Å²) in [4.78, 5) is 42.6. The highest BCUT2D eigenvalue weighted by atomic mass is 35.5. The van der Waals surface area contributed by atoms with Crippen molar-refractivity contribution >= 4 is 46.1 Å². The second-order valence-electron chi connectivity index (χ2n) is 7.55. The smallest absolute Gasteiger partial charge is 0.332 e. The number of carbonyl (C=O) groups excluding carboxylic acids is 1. The van der Waals surface area contributed by atoms with Crippen LogP contribution < -0.4 is 21.3 Å². The first-order chi connectivity index (χ1) is 16.3. The molecule has 2 aromatic heterocycles. The van der Waals surface area contributed by atoms with E-state index in [2.05, 4.69) is 10.3 Å². The zero-order chi connectivity index (χ0) is 24.4. The van der Waals surface area contributed by atoms with Crippen LogP contribution in [0.3, 0.4) is 0 Å². The number of imidazole rings is 1. The highest BCUT2D eigenvalue weighted by Crippen LogP contribution is 2.24. The number of aromatic nitrogens is 4. The maximum absolute atomic E-state index is 13.0. The Morgan fingerprint density at radius 3 is 2.56 bits per heavy atom. The number of fused-ring (bicyclic) bond motifs is 1. The zero-order valence-electron chi connectivity index (χ0n) is 18.7. The maximum Gasteiger partial charge on any atom is 0.332 e. The van der Waals surface area contributed by atoms with Crippen molar-refractivity contribution in [2.24, 2.45) is 14.1 Å². The molecule has 4 rings (SSSR count). The fourth-order valence-electron chi connectivity index (χ4n) is 3.48. The van der Waals surface area contributed by atoms with E-state index < -0.39 is 11.2 Å². The van der Waals surface area contributed by atoms with Crippen LogP contribution in [0, 0.1) is 0 Å². The molecular weight excluding hydrogens is 478 g/mol. The number of thioether (sulfide) groups is 1. The van der Waals surface area contributed by atoms with Gasteiger partial charge in [0.1, 0.15) is 5.75 Å². The molecule has 1 N–H and O–H groups in total. The molecule has 2 aromatic carbocycles. The third-order valence-electron chi connectivity index (χ3n) is 5.25. The molecule has 0 unspecified atom stereocenters. The molecule has 0 aliphatic rings. The fraction of sp³-hybridized carbons (Fsp3) is 0.217. The van der Waals surface area contributed by atoms with Gasteiger partial charge in [-0.25, -0.2) is 9.78 Å². The normalized spacial score (nSPS) is 11.1. The molecule has 0 saturated carbocycles. The van der Waals surface area contributed by atoms with Crippen LogP contribution in [0.25, 0.3) is 11.2 Å². The van der Waals surface area contributed by atoms with E-state index in [4.69, 9.17) is 16.3 Å². The number of aryl methyl sites for hydroxylation is 1. The molecule has 0 saturated heterocycles. The molecule has 2 heterocycles. The third kappa shape index (κ3) is 4.73. The maximum atomic E-state index is 13.0. The number of ether oxygens (including phenoxy) is 1. The van der Waals surface area contributed by atoms with Gasteiger partial charge in [0.15, 0.2) is 16.3 Å². The number of nitrogens with zero attached hydrogens (tertiary/aromatic N) is 4. The molecule has 9 nitrogen and oxygen atoms in total. The van der Waals surface area contributed by atoms with E-state index in [1.165, 1.54) is 23.4 Å². The van der Waals surface area contributed by atoms with Gasteiger partial charge in [0.2, 0.25) is 5.91 Å². The predicted molar refractivity (Wildman–Crippen MR) is 133 cm³/mol. The Hall–Kier alpha value is -3.50. The van der Waals surface area contributed by atoms with E-state index in [1.807, 2.05) is 12.1 Å². The molecule has 176 valence electrons. The summed E-state index contributed by atoms with van der Waals surface area (Å²) in [5.74, 6) is 0.437. The summed E-state index contributed by atoms with van der Waals surface area (Å²) in [6, 6.07) is 14.3. The topological polar surface area (TPSA) is 100 Å². The first kappa shape index (κ1) is 23.7. The summed E-state index contributed by atoms with van der Waals surface area (Å²) in [5.41, 5.74) is 1.12. The van der Waals surface area contributed by atoms with Crippen molar-refractivity contribution in [1.82, 2.24) is 18.7 Å². The van der Waals surface area contributed by atoms with Gasteiger partial charge in [-0.3, -0.25) is 18.7 Å². The number of benzene rings is 2. The van der Waals surface area contributed by atoms with Gasteiger partial charge < -0.3 is 14.6 Å². The van der Waals surface area contributed by atoms with Crippen LogP contribution in [0.4, 0.5) is 5.69 Å². The van der Waals surface area contributed by atoms with Crippen LogP contribution in [0.15, 0.2) is 63.3 Å². The molecule has 0 bridgehead atoms. The van der Waals surface area contributed by atoms with Crippen LogP contribution >= 0.6 is 23.4 Å². The van der Waals surface area contributed by atoms with Crippen LogP contribution in [0.2, 0.25) is 5.02 Å². The summed E-state index contributed by atoms with van der Waals surface area (Å²) >= 11 is 7.19. The van der Waals surface area contributed by atoms with E-state index in [9.17, 15) is 14.4 Å². The predicted octanol–water partition coefficient (Wildman–Crippen LogP) is 2.87. The zero-order valence-corrected chi connectivity index (χ0v) is 20.3. The minimum atomic E-state index is -0.471. The lowest BCUT2D eigenvalue weighted by molar-refractivity contribution is -0.113. The molecule has 0 radical (unpaired) electrons. The number of rotatable bonds is 7. The number of carbonyl (C=O) groups is 1. The third-order valence-corrected chi connectivity index (χ3v) is 6.48. The Kier molecular flexibility index (Phi) is 6.80. The molecule has 0 fully saturated rings. The fourth-order valence-corrected chi connectivity index (χ4v) is 4.40. The summed E-state index contributed by atoms with van der Waals surface area (Å²) in [6.07, 6.45) is 0. The van der Waals surface area contributed by atoms with Crippen molar-refractivity contribution in [2.45, 2.75) is 11.7 Å². The van der Waals surface area contributed by atoms with Gasteiger partial charge >= 0.3 is 5.69 Å². The van der Waals surface area contributed by atoms with Crippen molar-refractivity contribution in [3.05, 3.63) is 80.0 Å². The second-order valence-corrected chi connectivity index (χ2v) is 8.93. The van der Waals surface area contributed by atoms with Gasteiger partial charge in [-0.1, -0.05) is 41.6 Å². The van der Waals surface area contributed by atoms with Crippen LogP contribution in [0.1, 0.15) is 5.56 Å². The molecule has 11 heteroatoms. The van der Waals surface area contributed by atoms with Crippen molar-refractivity contribution in [1.29, 1.82) is 0 Å². The minimum Gasteiger partial charge on any atom is -0.497 e. The summed E-state index contributed by atoms with van der Waals surface area (Å²) in [6.45, 7) is 0.320. The number of amides is 1. The largest absolute Gasteiger partial charge is 0.497 e. The van der Waals surface area contributed by atoms with Gasteiger partial charge in [0.25, 0.3) is 5.56 Å². The van der Waals surface area contributed by atoms with Crippen molar-refractivity contribution in [3.8, 4) is 5.75 Å². The van der Waals surface area contributed by atoms with Crippen LogP contribution in [-0.4, -0.2) is 37.5 Å². The average molecular weight is 500 g/mol. The summed E-state index contributed by atoms with van der Waals surface area (Å²) in [7, 11) is 4.55. The average Bonchev–Trinajstić information content (AvgIpc) is 3.19. The molecule has 34 heavy (non-hydrogen) atoms. The van der Waals surface area contributed by atoms with Gasteiger partial charge in [0.05, 0.1) is 19.4 Å². The van der Waals surface area contributed by atoms with Gasteiger partial charge in [-0.15, -0.1) is 0 Å². The number of hydrogen-bond donors (Lipinski definition) is 1. The van der Waals surface area contributed by atoms with Gasteiger partial charge in [0, 0.05) is 30.9 Å². The monoisotopic (exact) mass is 499 g/mol. The minimum absolute atomic E-state index is 0.0510. The van der Waals surface area contributed by atoms with Crippen LogP contribution in [-0.2, 0) is 25.4 Å². The van der Waals surface area contributed by atoms with Crippen LogP contribution in [0.5, 0.6) is 5.75 Å². The van der Waals surface area contributed by atoms with Gasteiger partial charge in [-0.2, -0.15) is 0 Å². The van der Waals surface area contributed by atoms with Crippen molar-refractivity contribution in [3.63, 3.8) is 0 Å². The standard InChI is InChI=1S/C23H22ClN5O4S/c1-27-20-19(21(31)28(2)23(27)32)29(12-14-7-9-15(24)10-8-14)22(26-20)34-13-18(30)25-16-5-4-6-17(11-16)33-3/h4-11H,12-13H2,1-3H3,(H,25,30). The molecule has 4 aromatic rings. The Labute approximate surface area is 203 Å². The highest BCUT2D eigenvalue weighted by molar-refractivity contribution is 7.99. The van der Waals surface area contributed by atoms with E-state index >= 15 is 0 Å². The molecule has 0 spiro atoms. The summed E-state index contributed by atoms with van der Waals surface area (Å²) in [5, 5.41) is 3.87. The van der Waals surface area contributed by atoms with E-state index in [0.717, 1.165) is 10.1 Å². The van der Waals surface area contributed by atoms with E-state index in [0.29, 0.717) is 28.2 Å². The number of nitrogens with one attached hydrogen (secondary N) is 1. The summed E-state index contributed by atoms with van der Waals surface area (Å²) < 4.78 is 9.29. The molecule has 1 amide bonds. The Bertz CT molecular complexity index is 1490. The molecular formula is C23H22ClN5O4S.